The average molecular weight is 221 g/mol. The molecule has 1 heterocycles. The Morgan fingerprint density at radius 2 is 2.00 bits per heavy atom. The molecule has 0 amide bonds. The topological polar surface area (TPSA) is 87.5 Å². The number of carboxylic acid groups (broad SMARTS) is 2. The van der Waals surface area contributed by atoms with Gasteiger partial charge in [0, 0.05) is 18.2 Å². The van der Waals surface area contributed by atoms with Gasteiger partial charge in [-0.25, -0.2) is 4.79 Å². The minimum Gasteiger partial charge on any atom is -0.481 e. The van der Waals surface area contributed by atoms with E-state index in [-0.39, 0.29) is 18.4 Å². The van der Waals surface area contributed by atoms with Gasteiger partial charge in [0.2, 0.25) is 0 Å². The lowest BCUT2D eigenvalue weighted by Crippen LogP contribution is -2.04. The largest absolute Gasteiger partial charge is 0.481 e. The van der Waals surface area contributed by atoms with Gasteiger partial charge in [0.25, 0.3) is 0 Å². The molecule has 1 aromatic heterocycles. The van der Waals surface area contributed by atoms with Gasteiger partial charge in [0.1, 0.15) is 0 Å². The average Bonchev–Trinajstić information content (AvgIpc) is 2.25. The molecule has 0 saturated carbocycles. The number of hydrogen-bond acceptors (Lipinski definition) is 3. The SMILES string of the molecule is O=C(O)CC/C(=C\c1ccccn1)C(=O)O. The van der Waals surface area contributed by atoms with Gasteiger partial charge in [-0.15, -0.1) is 0 Å². The first-order valence-corrected chi connectivity index (χ1v) is 4.66. The summed E-state index contributed by atoms with van der Waals surface area (Å²) in [7, 11) is 0. The molecule has 0 spiro atoms. The van der Waals surface area contributed by atoms with Gasteiger partial charge in [-0.3, -0.25) is 9.78 Å². The monoisotopic (exact) mass is 221 g/mol. The first-order chi connectivity index (χ1) is 7.59. The molecule has 84 valence electrons. The van der Waals surface area contributed by atoms with E-state index in [0.717, 1.165) is 0 Å². The number of pyridine rings is 1. The Morgan fingerprint density at radius 1 is 1.25 bits per heavy atom. The Balaban J connectivity index is 2.81. The van der Waals surface area contributed by atoms with E-state index in [0.29, 0.717) is 5.69 Å². The molecule has 0 unspecified atom stereocenters. The quantitative estimate of drug-likeness (QED) is 0.734. The normalized spacial score (nSPS) is 11.1. The lowest BCUT2D eigenvalue weighted by molar-refractivity contribution is -0.137. The lowest BCUT2D eigenvalue weighted by atomic mass is 10.1. The van der Waals surface area contributed by atoms with Crippen molar-refractivity contribution in [2.75, 3.05) is 0 Å². The van der Waals surface area contributed by atoms with Crippen LogP contribution in [0.2, 0.25) is 0 Å². The van der Waals surface area contributed by atoms with Crippen LogP contribution in [-0.4, -0.2) is 27.1 Å². The predicted octanol–water partition coefficient (Wildman–Crippen LogP) is 1.41. The van der Waals surface area contributed by atoms with Crippen LogP contribution in [0.3, 0.4) is 0 Å². The predicted molar refractivity (Wildman–Crippen MR) is 56.7 cm³/mol. The molecule has 2 N–H and O–H groups in total. The molecule has 0 aromatic carbocycles. The first-order valence-electron chi connectivity index (χ1n) is 4.66. The van der Waals surface area contributed by atoms with E-state index in [9.17, 15) is 9.59 Å². The summed E-state index contributed by atoms with van der Waals surface area (Å²) in [5, 5.41) is 17.3. The second-order valence-electron chi connectivity index (χ2n) is 3.12. The Morgan fingerprint density at radius 3 is 2.50 bits per heavy atom. The Bertz CT molecular complexity index is 411. The zero-order valence-electron chi connectivity index (χ0n) is 8.46. The smallest absolute Gasteiger partial charge is 0.331 e. The van der Waals surface area contributed by atoms with Gasteiger partial charge in [-0.1, -0.05) is 6.07 Å². The van der Waals surface area contributed by atoms with Crippen LogP contribution in [-0.2, 0) is 9.59 Å². The first kappa shape index (κ1) is 11.9. The number of rotatable bonds is 5. The summed E-state index contributed by atoms with van der Waals surface area (Å²) in [6.45, 7) is 0. The number of nitrogens with zero attached hydrogens (tertiary/aromatic N) is 1. The molecule has 0 fully saturated rings. The van der Waals surface area contributed by atoms with Gasteiger partial charge in [0.05, 0.1) is 5.69 Å². The van der Waals surface area contributed by atoms with Crippen molar-refractivity contribution in [1.82, 2.24) is 4.98 Å². The summed E-state index contributed by atoms with van der Waals surface area (Å²) >= 11 is 0. The Hall–Kier alpha value is -2.17. The highest BCUT2D eigenvalue weighted by atomic mass is 16.4. The Kier molecular flexibility index (Phi) is 4.20. The second kappa shape index (κ2) is 5.65. The molecule has 16 heavy (non-hydrogen) atoms. The maximum Gasteiger partial charge on any atom is 0.331 e. The number of carbonyl (C=O) groups is 2. The summed E-state index contributed by atoms with van der Waals surface area (Å²) in [6.07, 6.45) is 2.71. The standard InChI is InChI=1S/C11H11NO4/c13-10(14)5-4-8(11(15)16)7-9-3-1-2-6-12-9/h1-3,6-7H,4-5H2,(H,13,14)(H,15,16)/b8-7+. The molecule has 0 radical (unpaired) electrons. The van der Waals surface area contributed by atoms with Crippen molar-refractivity contribution in [2.45, 2.75) is 12.8 Å². The van der Waals surface area contributed by atoms with Gasteiger partial charge in [0.15, 0.2) is 0 Å². The molecule has 1 aromatic rings. The van der Waals surface area contributed by atoms with Crippen molar-refractivity contribution >= 4 is 18.0 Å². The van der Waals surface area contributed by atoms with Crippen LogP contribution >= 0.6 is 0 Å². The van der Waals surface area contributed by atoms with E-state index in [1.165, 1.54) is 6.08 Å². The lowest BCUT2D eigenvalue weighted by Gasteiger charge is -1.99. The molecule has 0 saturated heterocycles. The van der Waals surface area contributed by atoms with E-state index < -0.39 is 11.9 Å². The highest BCUT2D eigenvalue weighted by molar-refractivity contribution is 5.92. The fraction of sp³-hybridized carbons (Fsp3) is 0.182. The molecule has 0 aliphatic carbocycles. The number of carboxylic acids is 2. The van der Waals surface area contributed by atoms with Crippen LogP contribution in [0.15, 0.2) is 30.0 Å². The summed E-state index contributed by atoms with van der Waals surface area (Å²) in [6, 6.07) is 5.11. The van der Waals surface area contributed by atoms with E-state index >= 15 is 0 Å². The van der Waals surface area contributed by atoms with Crippen molar-refractivity contribution in [1.29, 1.82) is 0 Å². The van der Waals surface area contributed by atoms with Gasteiger partial charge < -0.3 is 10.2 Å². The molecule has 0 aliphatic rings. The molecule has 1 rings (SSSR count). The van der Waals surface area contributed by atoms with Gasteiger partial charge in [-0.05, 0) is 24.6 Å². The maximum absolute atomic E-state index is 10.8. The fourth-order valence-corrected chi connectivity index (χ4v) is 1.12. The minimum atomic E-state index is -1.12. The van der Waals surface area contributed by atoms with E-state index in [2.05, 4.69) is 4.98 Å². The van der Waals surface area contributed by atoms with Crippen LogP contribution in [0.25, 0.3) is 6.08 Å². The summed E-state index contributed by atoms with van der Waals surface area (Å²) < 4.78 is 0. The summed E-state index contributed by atoms with van der Waals surface area (Å²) in [5.41, 5.74) is 0.548. The van der Waals surface area contributed by atoms with Crippen LogP contribution < -0.4 is 0 Å². The van der Waals surface area contributed by atoms with E-state index in [4.69, 9.17) is 10.2 Å². The fourth-order valence-electron chi connectivity index (χ4n) is 1.12. The van der Waals surface area contributed by atoms with Crippen LogP contribution in [0.1, 0.15) is 18.5 Å². The third-order valence-corrected chi connectivity index (χ3v) is 1.89. The molecule has 0 aliphatic heterocycles. The summed E-state index contributed by atoms with van der Waals surface area (Å²) in [4.78, 5) is 25.1. The van der Waals surface area contributed by atoms with Crippen molar-refractivity contribution in [3.05, 3.63) is 35.7 Å². The molecule has 5 heteroatoms. The third kappa shape index (κ3) is 3.91. The number of aromatic nitrogens is 1. The molecular weight excluding hydrogens is 210 g/mol. The minimum absolute atomic E-state index is 0.0127. The van der Waals surface area contributed by atoms with Gasteiger partial charge >= 0.3 is 11.9 Å². The highest BCUT2D eigenvalue weighted by Crippen LogP contribution is 2.10. The maximum atomic E-state index is 10.8. The zero-order valence-corrected chi connectivity index (χ0v) is 8.46. The number of aliphatic carboxylic acids is 2. The summed E-state index contributed by atoms with van der Waals surface area (Å²) in [5.74, 6) is -2.14. The van der Waals surface area contributed by atoms with Crippen molar-refractivity contribution in [3.8, 4) is 0 Å². The van der Waals surface area contributed by atoms with E-state index in [1.54, 1.807) is 24.4 Å². The molecule has 0 bridgehead atoms. The molecule has 5 nitrogen and oxygen atoms in total. The van der Waals surface area contributed by atoms with Gasteiger partial charge in [-0.2, -0.15) is 0 Å². The number of hydrogen-bond donors (Lipinski definition) is 2. The van der Waals surface area contributed by atoms with E-state index in [1.807, 2.05) is 0 Å². The Labute approximate surface area is 92.1 Å². The van der Waals surface area contributed by atoms with Crippen molar-refractivity contribution in [3.63, 3.8) is 0 Å². The van der Waals surface area contributed by atoms with Crippen LogP contribution in [0.5, 0.6) is 0 Å². The van der Waals surface area contributed by atoms with Crippen LogP contribution in [0, 0.1) is 0 Å². The second-order valence-corrected chi connectivity index (χ2v) is 3.12. The molecular formula is C11H11NO4. The van der Waals surface area contributed by atoms with Crippen LogP contribution in [0.4, 0.5) is 0 Å². The molecule has 0 atom stereocenters. The zero-order chi connectivity index (χ0) is 12.0. The van der Waals surface area contributed by atoms with Crippen molar-refractivity contribution in [2.24, 2.45) is 0 Å². The highest BCUT2D eigenvalue weighted by Gasteiger charge is 2.09. The third-order valence-electron chi connectivity index (χ3n) is 1.89. The van der Waals surface area contributed by atoms with Crippen molar-refractivity contribution < 1.29 is 19.8 Å².